The lowest BCUT2D eigenvalue weighted by Gasteiger charge is -1.74. The maximum atomic E-state index is 8.31. The van der Waals surface area contributed by atoms with E-state index < -0.39 is 9.74 Å². The third-order valence-electron chi connectivity index (χ3n) is 0.252. The van der Waals surface area contributed by atoms with E-state index in [1.54, 1.807) is 11.5 Å². The third-order valence-corrected chi connectivity index (χ3v) is 1.09. The molecule has 1 nitrogen and oxygen atoms in total. The Morgan fingerprint density at radius 2 is 2.33 bits per heavy atom. The smallest absolute Gasteiger partial charge is 0.0284 e. The fraction of sp³-hybridized carbons (Fsp3) is 0.333. The standard InChI is InChI=1S/C3H6OS2/c1-2-3-6(4)5/h2-3H,1H3,(H,4,5). The van der Waals surface area contributed by atoms with Crippen molar-refractivity contribution in [2.45, 2.75) is 6.92 Å². The SMILES string of the molecule is CC=CS(O)=S. The van der Waals surface area contributed by atoms with E-state index in [0.29, 0.717) is 0 Å². The molecule has 0 fully saturated rings. The molecule has 6 heavy (non-hydrogen) atoms. The van der Waals surface area contributed by atoms with Crippen LogP contribution in [0.25, 0.3) is 0 Å². The predicted molar refractivity (Wildman–Crippen MR) is 32.2 cm³/mol. The van der Waals surface area contributed by atoms with E-state index in [1.165, 1.54) is 0 Å². The first-order valence-electron chi connectivity index (χ1n) is 1.50. The fourth-order valence-electron chi connectivity index (χ4n) is 0.116. The summed E-state index contributed by atoms with van der Waals surface area (Å²) >= 11 is 4.37. The molecule has 1 atom stereocenters. The molecule has 0 aliphatic heterocycles. The Balaban J connectivity index is 3.30. The number of rotatable bonds is 1. The van der Waals surface area contributed by atoms with Crippen molar-refractivity contribution >= 4 is 20.9 Å². The zero-order valence-corrected chi connectivity index (χ0v) is 5.05. The van der Waals surface area contributed by atoms with Crippen molar-refractivity contribution in [1.82, 2.24) is 0 Å². The summed E-state index contributed by atoms with van der Waals surface area (Å²) in [5, 5.41) is 1.56. The molecule has 0 saturated heterocycles. The monoisotopic (exact) mass is 122 g/mol. The average molecular weight is 122 g/mol. The van der Waals surface area contributed by atoms with Crippen molar-refractivity contribution in [2.24, 2.45) is 0 Å². The third kappa shape index (κ3) is 4.27. The van der Waals surface area contributed by atoms with Crippen molar-refractivity contribution in [1.29, 1.82) is 0 Å². The molecule has 0 aliphatic carbocycles. The summed E-state index contributed by atoms with van der Waals surface area (Å²) in [5.41, 5.74) is 0. The summed E-state index contributed by atoms with van der Waals surface area (Å²) in [7, 11) is -0.913. The predicted octanol–water partition coefficient (Wildman–Crippen LogP) is 1.07. The summed E-state index contributed by atoms with van der Waals surface area (Å²) in [6, 6.07) is 0. The van der Waals surface area contributed by atoms with Gasteiger partial charge in [-0.25, -0.2) is 0 Å². The van der Waals surface area contributed by atoms with E-state index >= 15 is 0 Å². The summed E-state index contributed by atoms with van der Waals surface area (Å²) in [5.74, 6) is 0. The fourth-order valence-corrected chi connectivity index (χ4v) is 0.683. The Morgan fingerprint density at radius 1 is 1.83 bits per heavy atom. The molecular formula is C3H6OS2. The van der Waals surface area contributed by atoms with Crippen molar-refractivity contribution < 1.29 is 4.55 Å². The van der Waals surface area contributed by atoms with Gasteiger partial charge in [-0.15, -0.1) is 0 Å². The van der Waals surface area contributed by atoms with Gasteiger partial charge in [-0.1, -0.05) is 6.08 Å². The lowest BCUT2D eigenvalue weighted by molar-refractivity contribution is 0.664. The molecule has 1 N–H and O–H groups in total. The zero-order valence-electron chi connectivity index (χ0n) is 3.42. The van der Waals surface area contributed by atoms with Crippen LogP contribution in [-0.2, 0) is 20.9 Å². The molecule has 0 amide bonds. The summed E-state index contributed by atoms with van der Waals surface area (Å²) in [6.45, 7) is 1.82. The van der Waals surface area contributed by atoms with Crippen LogP contribution in [0.2, 0.25) is 0 Å². The van der Waals surface area contributed by atoms with Gasteiger partial charge in [0.1, 0.15) is 0 Å². The summed E-state index contributed by atoms with van der Waals surface area (Å²) in [4.78, 5) is 0. The highest BCUT2D eigenvalue weighted by atomic mass is 32.8. The maximum Gasteiger partial charge on any atom is 0.0284 e. The first kappa shape index (κ1) is 6.27. The second-order valence-electron chi connectivity index (χ2n) is 0.746. The van der Waals surface area contributed by atoms with Gasteiger partial charge in [-0.05, 0) is 23.5 Å². The molecule has 0 heterocycles. The largest absolute Gasteiger partial charge is 0.324 e. The summed E-state index contributed by atoms with van der Waals surface area (Å²) < 4.78 is 8.31. The van der Waals surface area contributed by atoms with Crippen molar-refractivity contribution in [3.05, 3.63) is 11.5 Å². The van der Waals surface area contributed by atoms with Crippen molar-refractivity contribution in [3.8, 4) is 0 Å². The Hall–Kier alpha value is 0.270. The zero-order chi connectivity index (χ0) is 4.99. The molecular weight excluding hydrogens is 116 g/mol. The first-order valence-corrected chi connectivity index (χ1v) is 3.67. The van der Waals surface area contributed by atoms with Crippen LogP contribution in [0.5, 0.6) is 0 Å². The maximum absolute atomic E-state index is 8.31. The number of hydrogen-bond donors (Lipinski definition) is 1. The molecule has 0 saturated carbocycles. The molecule has 0 spiro atoms. The molecule has 0 aromatic carbocycles. The minimum Gasteiger partial charge on any atom is -0.324 e. The quantitative estimate of drug-likeness (QED) is 0.561. The van der Waals surface area contributed by atoms with Crippen LogP contribution in [0.15, 0.2) is 11.5 Å². The molecule has 0 radical (unpaired) electrons. The van der Waals surface area contributed by atoms with Crippen LogP contribution in [0.1, 0.15) is 6.92 Å². The molecule has 36 valence electrons. The van der Waals surface area contributed by atoms with E-state index in [1.807, 2.05) is 6.92 Å². The first-order chi connectivity index (χ1) is 2.77. The van der Waals surface area contributed by atoms with Crippen LogP contribution in [0, 0.1) is 0 Å². The highest BCUT2D eigenvalue weighted by Gasteiger charge is 1.66. The van der Waals surface area contributed by atoms with Gasteiger partial charge >= 0.3 is 0 Å². The highest BCUT2D eigenvalue weighted by molar-refractivity contribution is 8.27. The van der Waals surface area contributed by atoms with Gasteiger partial charge < -0.3 is 4.55 Å². The Bertz CT molecular complexity index is 76.9. The molecule has 0 aromatic rings. The van der Waals surface area contributed by atoms with E-state index in [9.17, 15) is 0 Å². The normalized spacial score (nSPS) is 15.7. The van der Waals surface area contributed by atoms with Crippen molar-refractivity contribution in [3.63, 3.8) is 0 Å². The van der Waals surface area contributed by atoms with Gasteiger partial charge in [0.2, 0.25) is 0 Å². The van der Waals surface area contributed by atoms with Crippen LogP contribution in [-0.4, -0.2) is 4.55 Å². The molecule has 0 rings (SSSR count). The Labute approximate surface area is 44.5 Å². The van der Waals surface area contributed by atoms with Crippen molar-refractivity contribution in [2.75, 3.05) is 0 Å². The number of hydrogen-bond acceptors (Lipinski definition) is 1. The molecule has 3 heteroatoms. The molecule has 0 bridgehead atoms. The van der Waals surface area contributed by atoms with E-state index in [-0.39, 0.29) is 0 Å². The second-order valence-corrected chi connectivity index (χ2v) is 2.59. The number of allylic oxidation sites excluding steroid dienone is 1. The van der Waals surface area contributed by atoms with Gasteiger partial charge in [0, 0.05) is 9.74 Å². The molecule has 1 unspecified atom stereocenters. The van der Waals surface area contributed by atoms with Crippen LogP contribution >= 0.6 is 0 Å². The van der Waals surface area contributed by atoms with Crippen LogP contribution in [0.4, 0.5) is 0 Å². The van der Waals surface area contributed by atoms with Crippen LogP contribution < -0.4 is 0 Å². The van der Waals surface area contributed by atoms with Crippen LogP contribution in [0.3, 0.4) is 0 Å². The van der Waals surface area contributed by atoms with E-state index in [2.05, 4.69) is 11.2 Å². The van der Waals surface area contributed by atoms with E-state index in [0.717, 1.165) is 0 Å². The second kappa shape index (κ2) is 3.46. The highest BCUT2D eigenvalue weighted by Crippen LogP contribution is 1.74. The van der Waals surface area contributed by atoms with Gasteiger partial charge in [0.05, 0.1) is 0 Å². The molecule has 0 aliphatic rings. The van der Waals surface area contributed by atoms with Gasteiger partial charge in [-0.2, -0.15) is 0 Å². The minimum absolute atomic E-state index is 0.913. The minimum atomic E-state index is -0.913. The van der Waals surface area contributed by atoms with E-state index in [4.69, 9.17) is 4.55 Å². The van der Waals surface area contributed by atoms with Gasteiger partial charge in [-0.3, -0.25) is 0 Å². The Morgan fingerprint density at radius 3 is 2.33 bits per heavy atom. The average Bonchev–Trinajstić information content (AvgIpc) is 1.35. The summed E-state index contributed by atoms with van der Waals surface area (Å²) in [6.07, 6.45) is 1.73. The Kier molecular flexibility index (Phi) is 3.62. The molecule has 0 aromatic heterocycles. The lowest BCUT2D eigenvalue weighted by Crippen LogP contribution is -1.69. The van der Waals surface area contributed by atoms with Gasteiger partial charge in [0.25, 0.3) is 0 Å². The lowest BCUT2D eigenvalue weighted by atomic mass is 10.8. The topological polar surface area (TPSA) is 20.2 Å². The van der Waals surface area contributed by atoms with Gasteiger partial charge in [0.15, 0.2) is 0 Å².